The van der Waals surface area contributed by atoms with E-state index in [4.69, 9.17) is 4.74 Å². The van der Waals surface area contributed by atoms with Gasteiger partial charge in [0.25, 0.3) is 0 Å². The average Bonchev–Trinajstić information content (AvgIpc) is 2.59. The molecule has 1 aromatic rings. The molecule has 1 atom stereocenters. The van der Waals surface area contributed by atoms with Crippen LogP contribution in [0, 0.1) is 6.92 Å². The summed E-state index contributed by atoms with van der Waals surface area (Å²) in [5.41, 5.74) is 1.16. The van der Waals surface area contributed by atoms with Gasteiger partial charge in [-0.1, -0.05) is 6.92 Å². The van der Waals surface area contributed by atoms with Gasteiger partial charge in [0.1, 0.15) is 0 Å². The van der Waals surface area contributed by atoms with E-state index in [1.165, 1.54) is 16.3 Å². The molecular weight excluding hydrogens is 220 g/mol. The predicted octanol–water partition coefficient (Wildman–Crippen LogP) is 2.53. The summed E-state index contributed by atoms with van der Waals surface area (Å²) in [6.45, 7) is 8.35. The molecule has 0 amide bonds. The van der Waals surface area contributed by atoms with Gasteiger partial charge in [-0.15, -0.1) is 11.3 Å². The molecule has 4 heteroatoms. The Labute approximate surface area is 102 Å². The van der Waals surface area contributed by atoms with Crippen LogP contribution in [-0.4, -0.2) is 24.7 Å². The predicted molar refractivity (Wildman–Crippen MR) is 69.0 cm³/mol. The minimum Gasteiger partial charge on any atom is -0.381 e. The van der Waals surface area contributed by atoms with Crippen LogP contribution in [0.15, 0.2) is 0 Å². The molecule has 92 valence electrons. The second kappa shape index (κ2) is 6.99. The zero-order valence-corrected chi connectivity index (χ0v) is 11.5. The van der Waals surface area contributed by atoms with Gasteiger partial charge >= 0.3 is 0 Å². The number of nitrogens with zero attached hydrogens (tertiary/aromatic N) is 1. The summed E-state index contributed by atoms with van der Waals surface area (Å²) in [7, 11) is 1.74. The molecule has 1 unspecified atom stereocenters. The molecule has 1 heterocycles. The first-order chi connectivity index (χ1) is 7.67. The molecule has 1 aromatic heterocycles. The van der Waals surface area contributed by atoms with E-state index in [-0.39, 0.29) is 6.10 Å². The van der Waals surface area contributed by atoms with Crippen LogP contribution in [0.5, 0.6) is 0 Å². The zero-order valence-electron chi connectivity index (χ0n) is 10.7. The van der Waals surface area contributed by atoms with Gasteiger partial charge in [-0.2, -0.15) is 0 Å². The fourth-order valence-corrected chi connectivity index (χ4v) is 2.60. The lowest BCUT2D eigenvalue weighted by atomic mass is 10.3. The van der Waals surface area contributed by atoms with Crippen molar-refractivity contribution in [3.05, 3.63) is 15.6 Å². The van der Waals surface area contributed by atoms with Crippen LogP contribution in [0.1, 0.15) is 35.8 Å². The monoisotopic (exact) mass is 242 g/mol. The zero-order chi connectivity index (χ0) is 12.0. The molecule has 16 heavy (non-hydrogen) atoms. The lowest BCUT2D eigenvalue weighted by Crippen LogP contribution is -2.13. The van der Waals surface area contributed by atoms with Crippen molar-refractivity contribution in [1.82, 2.24) is 10.3 Å². The van der Waals surface area contributed by atoms with E-state index in [2.05, 4.69) is 31.1 Å². The lowest BCUT2D eigenvalue weighted by Gasteiger charge is -2.05. The molecule has 0 aliphatic heterocycles. The maximum atomic E-state index is 5.25. The minimum atomic E-state index is 0.252. The van der Waals surface area contributed by atoms with Gasteiger partial charge in [-0.25, -0.2) is 4.98 Å². The Kier molecular flexibility index (Phi) is 5.95. The molecule has 0 aromatic carbocycles. The van der Waals surface area contributed by atoms with Crippen molar-refractivity contribution in [3.8, 4) is 0 Å². The smallest absolute Gasteiger partial charge is 0.0957 e. The van der Waals surface area contributed by atoms with Crippen molar-refractivity contribution >= 4 is 11.3 Å². The van der Waals surface area contributed by atoms with Crippen LogP contribution in [0.4, 0.5) is 0 Å². The van der Waals surface area contributed by atoms with Crippen molar-refractivity contribution in [1.29, 1.82) is 0 Å². The van der Waals surface area contributed by atoms with Crippen molar-refractivity contribution in [2.24, 2.45) is 0 Å². The third-order valence-electron chi connectivity index (χ3n) is 2.51. The molecule has 3 nitrogen and oxygen atoms in total. The highest BCUT2D eigenvalue weighted by Gasteiger charge is 2.10. The second-order valence-corrected chi connectivity index (χ2v) is 5.21. The van der Waals surface area contributed by atoms with Gasteiger partial charge in [0, 0.05) is 25.0 Å². The number of aromatic nitrogens is 1. The lowest BCUT2D eigenvalue weighted by molar-refractivity contribution is 0.118. The Bertz CT molecular complexity index is 312. The van der Waals surface area contributed by atoms with E-state index >= 15 is 0 Å². The number of thiazole rings is 1. The Morgan fingerprint density at radius 1 is 1.50 bits per heavy atom. The topological polar surface area (TPSA) is 34.1 Å². The Morgan fingerprint density at radius 2 is 2.25 bits per heavy atom. The van der Waals surface area contributed by atoms with Gasteiger partial charge < -0.3 is 10.1 Å². The third kappa shape index (κ3) is 4.20. The number of rotatable bonds is 7. The normalized spacial score (nSPS) is 13.0. The summed E-state index contributed by atoms with van der Waals surface area (Å²) >= 11 is 1.80. The summed E-state index contributed by atoms with van der Waals surface area (Å²) in [4.78, 5) is 5.93. The fraction of sp³-hybridized carbons (Fsp3) is 0.750. The Balaban J connectivity index is 2.52. The molecule has 1 N–H and O–H groups in total. The van der Waals surface area contributed by atoms with Crippen molar-refractivity contribution in [2.75, 3.05) is 13.7 Å². The van der Waals surface area contributed by atoms with Gasteiger partial charge in [-0.05, 0) is 26.8 Å². The summed E-state index contributed by atoms with van der Waals surface area (Å²) < 4.78 is 5.25. The van der Waals surface area contributed by atoms with Crippen LogP contribution in [-0.2, 0) is 17.7 Å². The van der Waals surface area contributed by atoms with E-state index < -0.39 is 0 Å². The number of hydrogen-bond donors (Lipinski definition) is 1. The van der Waals surface area contributed by atoms with Gasteiger partial charge in [-0.3, -0.25) is 0 Å². The van der Waals surface area contributed by atoms with Crippen LogP contribution in [0.3, 0.4) is 0 Å². The summed E-state index contributed by atoms with van der Waals surface area (Å²) in [5, 5.41) is 4.59. The maximum Gasteiger partial charge on any atom is 0.0957 e. The molecule has 0 bridgehead atoms. The molecule has 0 saturated heterocycles. The number of hydrogen-bond acceptors (Lipinski definition) is 4. The summed E-state index contributed by atoms with van der Waals surface area (Å²) in [5.74, 6) is 0. The SMILES string of the molecule is CCCNCc1sc(CC(C)OC)nc1C. The maximum absolute atomic E-state index is 5.25. The quantitative estimate of drug-likeness (QED) is 0.746. The molecule has 0 aliphatic carbocycles. The molecule has 0 saturated carbocycles. The molecular formula is C12H22N2OS. The van der Waals surface area contributed by atoms with E-state index in [1.54, 1.807) is 18.4 Å². The largest absolute Gasteiger partial charge is 0.381 e. The highest BCUT2D eigenvalue weighted by molar-refractivity contribution is 7.11. The van der Waals surface area contributed by atoms with Crippen LogP contribution in [0.25, 0.3) is 0 Å². The van der Waals surface area contributed by atoms with E-state index in [0.29, 0.717) is 0 Å². The number of nitrogens with one attached hydrogen (secondary N) is 1. The van der Waals surface area contributed by atoms with Gasteiger partial charge in [0.2, 0.25) is 0 Å². The number of methoxy groups -OCH3 is 1. The number of aryl methyl sites for hydroxylation is 1. The summed E-state index contributed by atoms with van der Waals surface area (Å²) in [6.07, 6.45) is 2.34. The van der Waals surface area contributed by atoms with E-state index in [1.807, 2.05) is 0 Å². The minimum absolute atomic E-state index is 0.252. The van der Waals surface area contributed by atoms with E-state index in [9.17, 15) is 0 Å². The van der Waals surface area contributed by atoms with Crippen LogP contribution in [0.2, 0.25) is 0 Å². The highest BCUT2D eigenvalue weighted by Crippen LogP contribution is 2.19. The highest BCUT2D eigenvalue weighted by atomic mass is 32.1. The third-order valence-corrected chi connectivity index (χ3v) is 3.69. The second-order valence-electron chi connectivity index (χ2n) is 4.04. The van der Waals surface area contributed by atoms with Crippen molar-refractivity contribution in [3.63, 3.8) is 0 Å². The molecule has 1 rings (SSSR count). The van der Waals surface area contributed by atoms with Crippen LogP contribution < -0.4 is 5.32 Å². The molecule has 0 fully saturated rings. The van der Waals surface area contributed by atoms with Crippen LogP contribution >= 0.6 is 11.3 Å². The first kappa shape index (κ1) is 13.6. The standard InChI is InChI=1S/C12H22N2OS/c1-5-6-13-8-11-10(3)14-12(16-11)7-9(2)15-4/h9,13H,5-8H2,1-4H3. The average molecular weight is 242 g/mol. The fourth-order valence-electron chi connectivity index (χ4n) is 1.45. The Hall–Kier alpha value is -0.450. The van der Waals surface area contributed by atoms with Crippen molar-refractivity contribution < 1.29 is 4.74 Å². The van der Waals surface area contributed by atoms with Crippen molar-refractivity contribution in [2.45, 2.75) is 46.3 Å². The van der Waals surface area contributed by atoms with Gasteiger partial charge in [0.15, 0.2) is 0 Å². The Morgan fingerprint density at radius 3 is 2.88 bits per heavy atom. The molecule has 0 aliphatic rings. The van der Waals surface area contributed by atoms with E-state index in [0.717, 1.165) is 25.2 Å². The van der Waals surface area contributed by atoms with Gasteiger partial charge in [0.05, 0.1) is 16.8 Å². The first-order valence-electron chi connectivity index (χ1n) is 5.86. The first-order valence-corrected chi connectivity index (χ1v) is 6.67. The summed E-state index contributed by atoms with van der Waals surface area (Å²) in [6, 6.07) is 0. The molecule has 0 radical (unpaired) electrons. The number of ether oxygens (including phenoxy) is 1. The molecule has 0 spiro atoms.